The first kappa shape index (κ1) is 20.3. The predicted molar refractivity (Wildman–Crippen MR) is 111 cm³/mol. The van der Waals surface area contributed by atoms with E-state index in [1.807, 2.05) is 0 Å². The van der Waals surface area contributed by atoms with Gasteiger partial charge in [0.05, 0.1) is 12.6 Å². The van der Waals surface area contributed by atoms with Crippen LogP contribution in [0.2, 0.25) is 0 Å². The summed E-state index contributed by atoms with van der Waals surface area (Å²) < 4.78 is 5.62. The average Bonchev–Trinajstić information content (AvgIpc) is 3.14. The van der Waals surface area contributed by atoms with Gasteiger partial charge < -0.3 is 20.3 Å². The Morgan fingerprint density at radius 1 is 1.23 bits per heavy atom. The molecule has 1 heterocycles. The monoisotopic (exact) mass is 358 g/mol. The standard InChI is InChI=1S/C21H34N4O/c1-6-22-20(24-16-19(26-5)21(2,3)4)23-15-17-10-9-11-18(14-17)25-12-7-8-13-25/h7-11,14,19H,6,12-13,15-16H2,1-5H3,(H2,22,23,24). The number of guanidine groups is 1. The van der Waals surface area contributed by atoms with Gasteiger partial charge in [0, 0.05) is 39.0 Å². The van der Waals surface area contributed by atoms with Crippen LogP contribution in [0.1, 0.15) is 33.3 Å². The first-order valence-electron chi connectivity index (χ1n) is 9.48. The second kappa shape index (κ2) is 9.62. The number of nitrogens with zero attached hydrogens (tertiary/aromatic N) is 2. The van der Waals surface area contributed by atoms with E-state index >= 15 is 0 Å². The van der Waals surface area contributed by atoms with Crippen molar-refractivity contribution >= 4 is 11.6 Å². The third-order valence-electron chi connectivity index (χ3n) is 4.56. The lowest BCUT2D eigenvalue weighted by Crippen LogP contribution is -2.45. The summed E-state index contributed by atoms with van der Waals surface area (Å²) in [5.41, 5.74) is 2.55. The number of anilines is 1. The smallest absolute Gasteiger partial charge is 0.191 e. The van der Waals surface area contributed by atoms with Crippen LogP contribution in [0.25, 0.3) is 0 Å². The Kier molecular flexibility index (Phi) is 7.51. The lowest BCUT2D eigenvalue weighted by Gasteiger charge is -2.30. The van der Waals surface area contributed by atoms with E-state index in [9.17, 15) is 0 Å². The Labute approximate surface area is 158 Å². The van der Waals surface area contributed by atoms with Gasteiger partial charge in [-0.25, -0.2) is 4.99 Å². The number of rotatable bonds is 7. The lowest BCUT2D eigenvalue weighted by molar-refractivity contribution is 0.0205. The molecule has 0 bridgehead atoms. The average molecular weight is 359 g/mol. The minimum atomic E-state index is 0.0805. The maximum atomic E-state index is 5.62. The molecule has 1 unspecified atom stereocenters. The van der Waals surface area contributed by atoms with E-state index in [0.717, 1.165) is 32.1 Å². The summed E-state index contributed by atoms with van der Waals surface area (Å²) in [6.45, 7) is 12.8. The number of ether oxygens (including phenoxy) is 1. The molecule has 1 aromatic carbocycles. The van der Waals surface area contributed by atoms with Gasteiger partial charge in [0.2, 0.25) is 0 Å². The number of methoxy groups -OCH3 is 1. The summed E-state index contributed by atoms with van der Waals surface area (Å²) in [7, 11) is 1.76. The third kappa shape index (κ3) is 6.06. The van der Waals surface area contributed by atoms with Gasteiger partial charge >= 0.3 is 0 Å². The van der Waals surface area contributed by atoms with Crippen LogP contribution in [0.4, 0.5) is 5.69 Å². The molecule has 5 heteroatoms. The molecule has 26 heavy (non-hydrogen) atoms. The number of hydrogen-bond acceptors (Lipinski definition) is 3. The normalized spacial score (nSPS) is 16.0. The molecule has 1 aliphatic heterocycles. The molecule has 1 aromatic rings. The van der Waals surface area contributed by atoms with E-state index in [2.05, 4.69) is 79.6 Å². The summed E-state index contributed by atoms with van der Waals surface area (Å²) in [6, 6.07) is 8.63. The molecule has 2 rings (SSSR count). The Hall–Kier alpha value is -2.01. The van der Waals surface area contributed by atoms with E-state index in [-0.39, 0.29) is 11.5 Å². The summed E-state index contributed by atoms with van der Waals surface area (Å²) in [5, 5.41) is 6.73. The quantitative estimate of drug-likeness (QED) is 0.446. The molecule has 0 aliphatic carbocycles. The van der Waals surface area contributed by atoms with E-state index < -0.39 is 0 Å². The maximum absolute atomic E-state index is 5.62. The van der Waals surface area contributed by atoms with E-state index in [1.54, 1.807) is 7.11 Å². The molecular formula is C21H34N4O. The van der Waals surface area contributed by atoms with E-state index in [4.69, 9.17) is 9.73 Å². The van der Waals surface area contributed by atoms with Crippen molar-refractivity contribution < 1.29 is 4.74 Å². The molecule has 0 spiro atoms. The fourth-order valence-corrected chi connectivity index (χ4v) is 2.98. The van der Waals surface area contributed by atoms with Crippen molar-refractivity contribution in [2.45, 2.75) is 40.3 Å². The highest BCUT2D eigenvalue weighted by Gasteiger charge is 2.24. The van der Waals surface area contributed by atoms with Gasteiger partial charge in [-0.2, -0.15) is 0 Å². The van der Waals surface area contributed by atoms with Crippen molar-refractivity contribution in [1.82, 2.24) is 10.6 Å². The summed E-state index contributed by atoms with van der Waals surface area (Å²) >= 11 is 0. The molecule has 2 N–H and O–H groups in total. The minimum absolute atomic E-state index is 0.0805. The third-order valence-corrected chi connectivity index (χ3v) is 4.56. The zero-order valence-electron chi connectivity index (χ0n) is 16.9. The minimum Gasteiger partial charge on any atom is -0.379 e. The molecule has 1 atom stereocenters. The zero-order chi connectivity index (χ0) is 19.0. The highest BCUT2D eigenvalue weighted by Crippen LogP contribution is 2.21. The molecule has 144 valence electrons. The van der Waals surface area contributed by atoms with Gasteiger partial charge in [0.15, 0.2) is 5.96 Å². The van der Waals surface area contributed by atoms with Gasteiger partial charge in [-0.15, -0.1) is 0 Å². The van der Waals surface area contributed by atoms with Crippen LogP contribution in [-0.2, 0) is 11.3 Å². The lowest BCUT2D eigenvalue weighted by atomic mass is 9.89. The first-order chi connectivity index (χ1) is 12.4. The van der Waals surface area contributed by atoms with Gasteiger partial charge in [-0.3, -0.25) is 0 Å². The van der Waals surface area contributed by atoms with E-state index in [1.165, 1.54) is 11.3 Å². The van der Waals surface area contributed by atoms with Crippen LogP contribution < -0.4 is 15.5 Å². The topological polar surface area (TPSA) is 48.9 Å². The summed E-state index contributed by atoms with van der Waals surface area (Å²) in [6.07, 6.45) is 4.54. The fourth-order valence-electron chi connectivity index (χ4n) is 2.98. The number of aliphatic imine (C=N–C) groups is 1. The molecule has 1 aliphatic rings. The highest BCUT2D eigenvalue weighted by molar-refractivity contribution is 5.79. The largest absolute Gasteiger partial charge is 0.379 e. The Bertz CT molecular complexity index is 611. The van der Waals surface area contributed by atoms with Gasteiger partial charge in [-0.1, -0.05) is 45.1 Å². The molecule has 0 aromatic heterocycles. The molecule has 0 radical (unpaired) electrons. The molecule has 0 amide bonds. The predicted octanol–water partition coefficient (Wildman–Crippen LogP) is 3.18. The molecule has 0 fully saturated rings. The van der Waals surface area contributed by atoms with Crippen molar-refractivity contribution in [3.8, 4) is 0 Å². The second-order valence-electron chi connectivity index (χ2n) is 7.71. The maximum Gasteiger partial charge on any atom is 0.191 e. The van der Waals surface area contributed by atoms with Gasteiger partial charge in [0.1, 0.15) is 0 Å². The Morgan fingerprint density at radius 2 is 1.96 bits per heavy atom. The second-order valence-corrected chi connectivity index (χ2v) is 7.71. The van der Waals surface area contributed by atoms with Crippen LogP contribution in [-0.4, -0.2) is 45.4 Å². The van der Waals surface area contributed by atoms with Gasteiger partial charge in [0.25, 0.3) is 0 Å². The number of benzene rings is 1. The van der Waals surface area contributed by atoms with Crippen molar-refractivity contribution in [1.29, 1.82) is 0 Å². The SMILES string of the molecule is CCNC(=NCc1cccc(N2CC=CC2)c1)NCC(OC)C(C)(C)C. The van der Waals surface area contributed by atoms with Crippen LogP contribution in [0.3, 0.4) is 0 Å². The zero-order valence-corrected chi connectivity index (χ0v) is 16.9. The Morgan fingerprint density at radius 3 is 2.58 bits per heavy atom. The van der Waals surface area contributed by atoms with Gasteiger partial charge in [-0.05, 0) is 30.0 Å². The number of nitrogens with one attached hydrogen (secondary N) is 2. The number of hydrogen-bond donors (Lipinski definition) is 2. The summed E-state index contributed by atoms with van der Waals surface area (Å²) in [5.74, 6) is 0.826. The van der Waals surface area contributed by atoms with Crippen molar-refractivity contribution in [3.05, 3.63) is 42.0 Å². The highest BCUT2D eigenvalue weighted by atomic mass is 16.5. The van der Waals surface area contributed by atoms with Crippen LogP contribution in [0.15, 0.2) is 41.4 Å². The molecule has 5 nitrogen and oxygen atoms in total. The molecule has 0 saturated heterocycles. The van der Waals surface area contributed by atoms with Crippen LogP contribution in [0, 0.1) is 5.41 Å². The first-order valence-corrected chi connectivity index (χ1v) is 9.48. The molecule has 0 saturated carbocycles. The summed E-state index contributed by atoms with van der Waals surface area (Å²) in [4.78, 5) is 7.09. The van der Waals surface area contributed by atoms with Crippen LogP contribution >= 0.6 is 0 Å². The molecular weight excluding hydrogens is 324 g/mol. The fraction of sp³-hybridized carbons (Fsp3) is 0.571. The van der Waals surface area contributed by atoms with E-state index in [0.29, 0.717) is 6.54 Å². The van der Waals surface area contributed by atoms with Crippen molar-refractivity contribution in [3.63, 3.8) is 0 Å². The van der Waals surface area contributed by atoms with Crippen molar-refractivity contribution in [2.75, 3.05) is 38.2 Å². The Balaban J connectivity index is 1.98. The van der Waals surface area contributed by atoms with Crippen LogP contribution in [0.5, 0.6) is 0 Å². The van der Waals surface area contributed by atoms with Crippen molar-refractivity contribution in [2.24, 2.45) is 10.4 Å².